The molecule has 0 saturated carbocycles. The van der Waals surface area contributed by atoms with Crippen molar-refractivity contribution in [2.75, 3.05) is 48.7 Å². The third-order valence-corrected chi connectivity index (χ3v) is 10.8. The first-order chi connectivity index (χ1) is 25.4. The van der Waals surface area contributed by atoms with Crippen molar-refractivity contribution in [3.8, 4) is 16.9 Å². The Labute approximate surface area is 307 Å². The maximum Gasteiger partial charge on any atom is 0.418 e. The Morgan fingerprint density at radius 1 is 0.868 bits per heavy atom. The lowest BCUT2D eigenvalue weighted by atomic mass is 10.0. The monoisotopic (exact) mass is 766 g/mol. The largest absolute Gasteiger partial charge is 0.508 e. The minimum atomic E-state index is -4.87. The summed E-state index contributed by atoms with van der Waals surface area (Å²) in [7, 11) is -4.70. The minimum absolute atomic E-state index is 0.0563. The Hall–Kier alpha value is -5.19. The fourth-order valence-electron chi connectivity index (χ4n) is 5.76. The lowest BCUT2D eigenvalue weighted by molar-refractivity contribution is -0.137. The number of aromatic nitrogens is 2. The number of aromatic hydroxyl groups is 1. The number of amides is 1. The zero-order valence-electron chi connectivity index (χ0n) is 28.1. The molecule has 1 saturated heterocycles. The van der Waals surface area contributed by atoms with Crippen LogP contribution in [-0.2, 0) is 22.7 Å². The van der Waals surface area contributed by atoms with Crippen molar-refractivity contribution >= 4 is 39.2 Å². The average Bonchev–Trinajstić information content (AvgIpc) is 3.14. The molecule has 1 aliphatic heterocycles. The number of benzene rings is 4. The summed E-state index contributed by atoms with van der Waals surface area (Å²) in [4.78, 5) is 17.1. The highest BCUT2D eigenvalue weighted by Gasteiger charge is 2.35. The molecule has 2 heterocycles. The number of carbonyl (C=O) groups excluding carboxylic acids is 1. The van der Waals surface area contributed by atoms with Gasteiger partial charge >= 0.3 is 6.18 Å². The molecule has 276 valence electrons. The second kappa shape index (κ2) is 16.2. The summed E-state index contributed by atoms with van der Waals surface area (Å²) in [5.41, 5.74) is -0.0374. The summed E-state index contributed by atoms with van der Waals surface area (Å²) >= 11 is 1.46. The highest BCUT2D eigenvalue weighted by atomic mass is 32.2. The van der Waals surface area contributed by atoms with Gasteiger partial charge in [-0.15, -0.1) is 22.0 Å². The predicted octanol–water partition coefficient (Wildman–Crippen LogP) is 6.65. The number of phenolic OH excluding ortho intramolecular Hbond substituents is 1. The van der Waals surface area contributed by atoms with E-state index in [4.69, 9.17) is 0 Å². The van der Waals surface area contributed by atoms with Crippen LogP contribution in [0.1, 0.15) is 21.6 Å². The highest BCUT2D eigenvalue weighted by Crippen LogP contribution is 2.36. The summed E-state index contributed by atoms with van der Waals surface area (Å²) in [6.45, 7) is 3.06. The number of carbonyl (C=O) groups is 1. The fourth-order valence-corrected chi connectivity index (χ4v) is 7.53. The Bertz CT molecular complexity index is 2170. The van der Waals surface area contributed by atoms with Gasteiger partial charge in [0, 0.05) is 61.2 Å². The van der Waals surface area contributed by atoms with Crippen LogP contribution in [0.4, 0.5) is 29.1 Å². The van der Waals surface area contributed by atoms with Crippen LogP contribution in [0.2, 0.25) is 0 Å². The van der Waals surface area contributed by atoms with E-state index in [1.54, 1.807) is 22.9 Å². The Kier molecular flexibility index (Phi) is 11.5. The van der Waals surface area contributed by atoms with Gasteiger partial charge in [-0.2, -0.15) is 13.2 Å². The average molecular weight is 767 g/mol. The molecule has 4 aromatic carbocycles. The van der Waals surface area contributed by atoms with Gasteiger partial charge < -0.3 is 15.3 Å². The third-order valence-electron chi connectivity index (χ3n) is 8.44. The molecule has 0 bridgehead atoms. The first-order valence-electron chi connectivity index (χ1n) is 16.4. The van der Waals surface area contributed by atoms with E-state index in [-0.39, 0.29) is 29.5 Å². The maximum atomic E-state index is 14.9. The molecule has 0 spiro atoms. The number of rotatable bonds is 12. The van der Waals surface area contributed by atoms with E-state index in [1.807, 2.05) is 41.3 Å². The number of anilines is 2. The van der Waals surface area contributed by atoms with Crippen molar-refractivity contribution in [1.29, 1.82) is 0 Å². The lowest BCUT2D eigenvalue weighted by Gasteiger charge is -2.35. The first kappa shape index (κ1) is 37.6. The van der Waals surface area contributed by atoms with Crippen molar-refractivity contribution in [3.05, 3.63) is 126 Å². The van der Waals surface area contributed by atoms with Gasteiger partial charge in [0.05, 0.1) is 10.5 Å². The van der Waals surface area contributed by atoms with Gasteiger partial charge in [0.1, 0.15) is 11.6 Å². The van der Waals surface area contributed by atoms with Crippen molar-refractivity contribution in [2.24, 2.45) is 0 Å². The van der Waals surface area contributed by atoms with E-state index in [2.05, 4.69) is 20.4 Å². The molecule has 0 radical (unpaired) electrons. The number of nitrogens with zero attached hydrogens (tertiary/aromatic N) is 4. The van der Waals surface area contributed by atoms with Crippen LogP contribution in [0.5, 0.6) is 5.75 Å². The summed E-state index contributed by atoms with van der Waals surface area (Å²) in [5.74, 6) is -0.564. The molecule has 1 amide bonds. The molecular formula is C37H34F4N6O4S2. The van der Waals surface area contributed by atoms with Crippen LogP contribution >= 0.6 is 11.8 Å². The number of nitrogens with one attached hydrogen (secondary N) is 2. The molecular weight excluding hydrogens is 733 g/mol. The number of halogens is 4. The second-order valence-corrected chi connectivity index (χ2v) is 15.0. The molecule has 1 fully saturated rings. The molecule has 1 aromatic heterocycles. The van der Waals surface area contributed by atoms with Gasteiger partial charge in [-0.05, 0) is 71.8 Å². The maximum absolute atomic E-state index is 14.9. The molecule has 53 heavy (non-hydrogen) atoms. The Morgan fingerprint density at radius 3 is 2.32 bits per heavy atom. The summed E-state index contributed by atoms with van der Waals surface area (Å²) in [5, 5.41) is 20.4. The summed E-state index contributed by atoms with van der Waals surface area (Å²) < 4.78 is 84.5. The standard InChI is InChI=1S/C37H34F4N6O4S2/c38-32-21-25(9-11-30(32)26-5-4-6-27(48)22-26)24-46-16-18-47(19-17-46)35-14-13-34(43-44-35)36(49)45-53(50,51)29-10-12-33(31(23-29)37(39,40)41)42-15-20-52-28-7-2-1-3-8-28/h1-14,21-23,42,48H,15-20,24H2,(H,45,49). The molecule has 0 aliphatic carbocycles. The second-order valence-electron chi connectivity index (χ2n) is 12.1. The van der Waals surface area contributed by atoms with Gasteiger partial charge in [-0.3, -0.25) is 9.69 Å². The van der Waals surface area contributed by atoms with Crippen LogP contribution in [0.3, 0.4) is 0 Å². The molecule has 0 atom stereocenters. The molecule has 10 nitrogen and oxygen atoms in total. The summed E-state index contributed by atoms with van der Waals surface area (Å²) in [6, 6.07) is 26.1. The van der Waals surface area contributed by atoms with Gasteiger partial charge in [0.2, 0.25) is 0 Å². The highest BCUT2D eigenvalue weighted by molar-refractivity contribution is 7.99. The van der Waals surface area contributed by atoms with Crippen LogP contribution in [0, 0.1) is 5.82 Å². The third kappa shape index (κ3) is 9.63. The number of alkyl halides is 3. The summed E-state index contributed by atoms with van der Waals surface area (Å²) in [6.07, 6.45) is -4.87. The Balaban J connectivity index is 1.02. The van der Waals surface area contributed by atoms with Gasteiger partial charge in [-0.25, -0.2) is 17.5 Å². The van der Waals surface area contributed by atoms with E-state index in [1.165, 1.54) is 42.1 Å². The van der Waals surface area contributed by atoms with E-state index in [9.17, 15) is 35.9 Å². The number of hydrogen-bond acceptors (Lipinski definition) is 10. The topological polar surface area (TPSA) is 128 Å². The smallest absolute Gasteiger partial charge is 0.418 e. The van der Waals surface area contributed by atoms with Crippen molar-refractivity contribution in [2.45, 2.75) is 22.5 Å². The zero-order valence-corrected chi connectivity index (χ0v) is 29.7. The molecule has 1 aliphatic rings. The minimum Gasteiger partial charge on any atom is -0.508 e. The molecule has 6 rings (SSSR count). The zero-order chi connectivity index (χ0) is 37.6. The molecule has 16 heteroatoms. The first-order valence-corrected chi connectivity index (χ1v) is 18.9. The number of phenols is 1. The number of hydrogen-bond donors (Lipinski definition) is 3. The van der Waals surface area contributed by atoms with Gasteiger partial charge in [0.25, 0.3) is 15.9 Å². The van der Waals surface area contributed by atoms with E-state index in [0.29, 0.717) is 61.5 Å². The number of piperazine rings is 1. The van der Waals surface area contributed by atoms with Crippen molar-refractivity contribution < 1.29 is 35.9 Å². The van der Waals surface area contributed by atoms with Gasteiger partial charge in [0.15, 0.2) is 11.5 Å². The number of thioether (sulfide) groups is 1. The molecule has 3 N–H and O–H groups in total. The Morgan fingerprint density at radius 2 is 1.64 bits per heavy atom. The SMILES string of the molecule is O=C(NS(=O)(=O)c1ccc(NCCSc2ccccc2)c(C(F)(F)F)c1)c1ccc(N2CCN(Cc3ccc(-c4cccc(O)c4)c(F)c3)CC2)nn1. The van der Waals surface area contributed by atoms with E-state index in [0.717, 1.165) is 22.6 Å². The van der Waals surface area contributed by atoms with Crippen LogP contribution < -0.4 is 14.9 Å². The normalized spacial score (nSPS) is 13.8. The van der Waals surface area contributed by atoms with Crippen molar-refractivity contribution in [3.63, 3.8) is 0 Å². The lowest BCUT2D eigenvalue weighted by Crippen LogP contribution is -2.46. The molecule has 0 unspecified atom stereocenters. The van der Waals surface area contributed by atoms with Gasteiger partial charge in [-0.1, -0.05) is 42.5 Å². The quantitative estimate of drug-likeness (QED) is 0.0722. The number of sulfonamides is 1. The van der Waals surface area contributed by atoms with E-state index >= 15 is 0 Å². The fraction of sp³-hybridized carbons (Fsp3) is 0.216. The predicted molar refractivity (Wildman–Crippen MR) is 195 cm³/mol. The van der Waals surface area contributed by atoms with Crippen LogP contribution in [0.15, 0.2) is 113 Å². The molecule has 5 aromatic rings. The van der Waals surface area contributed by atoms with Crippen molar-refractivity contribution in [1.82, 2.24) is 19.8 Å². The van der Waals surface area contributed by atoms with Crippen LogP contribution in [-0.4, -0.2) is 73.0 Å². The van der Waals surface area contributed by atoms with E-state index < -0.39 is 32.6 Å². The van der Waals surface area contributed by atoms with Crippen LogP contribution in [0.25, 0.3) is 11.1 Å².